The van der Waals surface area contributed by atoms with Crippen LogP contribution < -0.4 is 5.73 Å². The van der Waals surface area contributed by atoms with Gasteiger partial charge in [-0.25, -0.2) is 9.97 Å². The Morgan fingerprint density at radius 1 is 0.966 bits per heavy atom. The highest BCUT2D eigenvalue weighted by molar-refractivity contribution is 5.79. The van der Waals surface area contributed by atoms with Crippen LogP contribution >= 0.6 is 0 Å². The normalized spacial score (nSPS) is 20.8. The van der Waals surface area contributed by atoms with Gasteiger partial charge in [0.2, 0.25) is 11.9 Å². The fourth-order valence-electron chi connectivity index (χ4n) is 4.42. The highest BCUT2D eigenvalue weighted by Gasteiger charge is 2.30. The molecule has 6 nitrogen and oxygen atoms in total. The SMILES string of the molecule is CC1=C(C)CC(C(=O)N2CCC(c3ccc(-c4cnc(N)nc4)cn3)CC2)CC1. The molecule has 1 aliphatic carbocycles. The maximum absolute atomic E-state index is 12.9. The Bertz CT molecular complexity index is 896. The van der Waals surface area contributed by atoms with Gasteiger partial charge in [0, 0.05) is 60.3 Å². The lowest BCUT2D eigenvalue weighted by atomic mass is 9.83. The molecule has 1 unspecified atom stereocenters. The third-order valence-corrected chi connectivity index (χ3v) is 6.51. The second-order valence-corrected chi connectivity index (χ2v) is 8.40. The van der Waals surface area contributed by atoms with Crippen LogP contribution in [0.5, 0.6) is 0 Å². The zero-order chi connectivity index (χ0) is 20.4. The molecule has 1 amide bonds. The van der Waals surface area contributed by atoms with Gasteiger partial charge in [-0.3, -0.25) is 9.78 Å². The third kappa shape index (κ3) is 4.31. The molecule has 6 heteroatoms. The van der Waals surface area contributed by atoms with E-state index in [1.165, 1.54) is 11.1 Å². The first-order valence-corrected chi connectivity index (χ1v) is 10.5. The molecule has 2 aromatic rings. The largest absolute Gasteiger partial charge is 0.368 e. The molecule has 0 bridgehead atoms. The van der Waals surface area contributed by atoms with E-state index < -0.39 is 0 Å². The summed E-state index contributed by atoms with van der Waals surface area (Å²) >= 11 is 0. The number of nitrogen functional groups attached to an aromatic ring is 1. The first-order chi connectivity index (χ1) is 14.0. The number of rotatable bonds is 3. The predicted octanol–water partition coefficient (Wildman–Crippen LogP) is 3.96. The standard InChI is InChI=1S/C23H29N5O/c1-15-3-4-18(11-16(15)2)22(29)28-9-7-17(8-10-28)21-6-5-19(12-25-21)20-13-26-23(24)27-14-20/h5-6,12-14,17-18H,3-4,7-11H2,1-2H3,(H2,24,26,27). The van der Waals surface area contributed by atoms with Gasteiger partial charge in [0.1, 0.15) is 0 Å². The lowest BCUT2D eigenvalue weighted by molar-refractivity contribution is -0.137. The number of aromatic nitrogens is 3. The van der Waals surface area contributed by atoms with E-state index in [1.807, 2.05) is 6.20 Å². The molecule has 2 aliphatic rings. The quantitative estimate of drug-likeness (QED) is 0.801. The Labute approximate surface area is 172 Å². The summed E-state index contributed by atoms with van der Waals surface area (Å²) in [6.07, 6.45) is 10.3. The number of hydrogen-bond acceptors (Lipinski definition) is 5. The molecule has 0 spiro atoms. The Hall–Kier alpha value is -2.76. The van der Waals surface area contributed by atoms with Crippen molar-refractivity contribution < 1.29 is 4.79 Å². The number of allylic oxidation sites excluding steroid dienone is 2. The molecule has 1 saturated heterocycles. The summed E-state index contributed by atoms with van der Waals surface area (Å²) in [7, 11) is 0. The number of piperidine rings is 1. The molecular weight excluding hydrogens is 362 g/mol. The highest BCUT2D eigenvalue weighted by atomic mass is 16.2. The van der Waals surface area contributed by atoms with Gasteiger partial charge in [-0.1, -0.05) is 17.2 Å². The van der Waals surface area contributed by atoms with Crippen molar-refractivity contribution in [2.24, 2.45) is 5.92 Å². The van der Waals surface area contributed by atoms with Crippen LogP contribution in [0.2, 0.25) is 0 Å². The fraction of sp³-hybridized carbons (Fsp3) is 0.478. The van der Waals surface area contributed by atoms with Crippen molar-refractivity contribution in [1.82, 2.24) is 19.9 Å². The van der Waals surface area contributed by atoms with E-state index in [9.17, 15) is 4.79 Å². The number of anilines is 1. The lowest BCUT2D eigenvalue weighted by Crippen LogP contribution is -2.42. The average molecular weight is 392 g/mol. The second kappa shape index (κ2) is 8.31. The zero-order valence-corrected chi connectivity index (χ0v) is 17.3. The number of nitrogens with zero attached hydrogens (tertiary/aromatic N) is 4. The molecule has 2 N–H and O–H groups in total. The first-order valence-electron chi connectivity index (χ1n) is 10.5. The molecule has 1 atom stereocenters. The number of likely N-dealkylation sites (tertiary alicyclic amines) is 1. The van der Waals surface area contributed by atoms with Gasteiger partial charge in [-0.05, 0) is 52.0 Å². The molecule has 152 valence electrons. The molecule has 1 aliphatic heterocycles. The number of hydrogen-bond donors (Lipinski definition) is 1. The minimum atomic E-state index is 0.176. The number of nitrogens with two attached hydrogens (primary N) is 1. The topological polar surface area (TPSA) is 85.0 Å². The lowest BCUT2D eigenvalue weighted by Gasteiger charge is -2.35. The third-order valence-electron chi connectivity index (χ3n) is 6.51. The van der Waals surface area contributed by atoms with Crippen LogP contribution in [0.15, 0.2) is 41.9 Å². The van der Waals surface area contributed by atoms with Crippen molar-refractivity contribution in [3.63, 3.8) is 0 Å². The summed E-state index contributed by atoms with van der Waals surface area (Å²) in [5, 5.41) is 0. The summed E-state index contributed by atoms with van der Waals surface area (Å²) < 4.78 is 0. The van der Waals surface area contributed by atoms with Gasteiger partial charge in [0.15, 0.2) is 0 Å². The van der Waals surface area contributed by atoms with E-state index in [-0.39, 0.29) is 11.9 Å². The van der Waals surface area contributed by atoms with Crippen LogP contribution in [0.4, 0.5) is 5.95 Å². The predicted molar refractivity (Wildman–Crippen MR) is 114 cm³/mol. The Balaban J connectivity index is 1.35. The molecular formula is C23H29N5O. The number of pyridine rings is 1. The summed E-state index contributed by atoms with van der Waals surface area (Å²) in [5.74, 6) is 1.21. The summed E-state index contributed by atoms with van der Waals surface area (Å²) in [6.45, 7) is 6.03. The van der Waals surface area contributed by atoms with Gasteiger partial charge >= 0.3 is 0 Å². The van der Waals surface area contributed by atoms with Crippen molar-refractivity contribution in [2.75, 3.05) is 18.8 Å². The van der Waals surface area contributed by atoms with Crippen LogP contribution in [0.25, 0.3) is 11.1 Å². The number of amides is 1. The van der Waals surface area contributed by atoms with E-state index >= 15 is 0 Å². The summed E-state index contributed by atoms with van der Waals surface area (Å²) in [6, 6.07) is 4.15. The number of carbonyl (C=O) groups excluding carboxylic acids is 1. The molecule has 0 aromatic carbocycles. The molecule has 1 fully saturated rings. The summed E-state index contributed by atoms with van der Waals surface area (Å²) in [4.78, 5) is 27.8. The molecule has 4 rings (SSSR count). The molecule has 0 radical (unpaired) electrons. The number of carbonyl (C=O) groups is 1. The van der Waals surface area contributed by atoms with Gasteiger partial charge in [0.25, 0.3) is 0 Å². The Morgan fingerprint density at radius 2 is 1.66 bits per heavy atom. The van der Waals surface area contributed by atoms with Crippen molar-refractivity contribution in [3.05, 3.63) is 47.6 Å². The van der Waals surface area contributed by atoms with Crippen LogP contribution in [0.1, 0.15) is 57.6 Å². The minimum absolute atomic E-state index is 0.176. The van der Waals surface area contributed by atoms with Crippen molar-refractivity contribution in [2.45, 2.75) is 51.9 Å². The smallest absolute Gasteiger partial charge is 0.226 e. The maximum atomic E-state index is 12.9. The minimum Gasteiger partial charge on any atom is -0.368 e. The first kappa shape index (κ1) is 19.6. The molecule has 0 saturated carbocycles. The highest BCUT2D eigenvalue weighted by Crippen LogP contribution is 2.33. The van der Waals surface area contributed by atoms with Gasteiger partial charge in [-0.2, -0.15) is 0 Å². The monoisotopic (exact) mass is 391 g/mol. The van der Waals surface area contributed by atoms with Crippen molar-refractivity contribution >= 4 is 11.9 Å². The van der Waals surface area contributed by atoms with Gasteiger partial charge in [0.05, 0.1) is 0 Å². The Kier molecular flexibility index (Phi) is 5.60. The molecule has 2 aromatic heterocycles. The van der Waals surface area contributed by atoms with Crippen LogP contribution in [-0.2, 0) is 4.79 Å². The molecule has 29 heavy (non-hydrogen) atoms. The van der Waals surface area contributed by atoms with E-state index in [2.05, 4.69) is 45.8 Å². The second-order valence-electron chi connectivity index (χ2n) is 8.40. The Morgan fingerprint density at radius 3 is 2.28 bits per heavy atom. The van der Waals surface area contributed by atoms with E-state index in [1.54, 1.807) is 12.4 Å². The average Bonchev–Trinajstić information content (AvgIpc) is 2.76. The van der Waals surface area contributed by atoms with Crippen LogP contribution in [-0.4, -0.2) is 38.8 Å². The van der Waals surface area contributed by atoms with E-state index in [0.717, 1.165) is 62.0 Å². The van der Waals surface area contributed by atoms with Crippen molar-refractivity contribution in [1.29, 1.82) is 0 Å². The van der Waals surface area contributed by atoms with Gasteiger partial charge < -0.3 is 10.6 Å². The maximum Gasteiger partial charge on any atom is 0.226 e. The molecule has 3 heterocycles. The van der Waals surface area contributed by atoms with Crippen molar-refractivity contribution in [3.8, 4) is 11.1 Å². The zero-order valence-electron chi connectivity index (χ0n) is 17.3. The van der Waals surface area contributed by atoms with E-state index in [4.69, 9.17) is 5.73 Å². The van der Waals surface area contributed by atoms with Crippen LogP contribution in [0.3, 0.4) is 0 Å². The summed E-state index contributed by atoms with van der Waals surface area (Å²) in [5.41, 5.74) is 11.4. The van der Waals surface area contributed by atoms with Gasteiger partial charge in [-0.15, -0.1) is 0 Å². The van der Waals surface area contributed by atoms with E-state index in [0.29, 0.717) is 11.8 Å². The fourth-order valence-corrected chi connectivity index (χ4v) is 4.42. The van der Waals surface area contributed by atoms with Crippen LogP contribution in [0, 0.1) is 5.92 Å².